The van der Waals surface area contributed by atoms with Gasteiger partial charge in [-0.1, -0.05) is 19.1 Å². The zero-order chi connectivity index (χ0) is 20.2. The molecule has 0 saturated carbocycles. The van der Waals surface area contributed by atoms with Gasteiger partial charge < -0.3 is 15.1 Å². The number of anilines is 1. The van der Waals surface area contributed by atoms with Crippen LogP contribution in [0.25, 0.3) is 10.2 Å². The van der Waals surface area contributed by atoms with E-state index >= 15 is 0 Å². The Morgan fingerprint density at radius 3 is 2.69 bits per heavy atom. The van der Waals surface area contributed by atoms with Gasteiger partial charge in [-0.2, -0.15) is 0 Å². The van der Waals surface area contributed by atoms with Crippen LogP contribution in [0.2, 0.25) is 0 Å². The van der Waals surface area contributed by atoms with Crippen LogP contribution in [-0.4, -0.2) is 15.9 Å². The van der Waals surface area contributed by atoms with Crippen LogP contribution in [0.1, 0.15) is 39.3 Å². The first-order valence-electron chi connectivity index (χ1n) is 9.53. The lowest BCUT2D eigenvalue weighted by Gasteiger charge is -2.09. The number of fused-ring (bicyclic) bond motifs is 1. The number of hydrogen-bond donors (Lipinski definition) is 2. The fourth-order valence-corrected chi connectivity index (χ4v) is 4.04. The lowest BCUT2D eigenvalue weighted by molar-refractivity contribution is 0.0948. The fourth-order valence-electron chi connectivity index (χ4n) is 3.03. The number of aromatic nitrogens is 2. The molecule has 0 aliphatic carbocycles. The Balaban J connectivity index is 1.41. The number of furan rings is 1. The zero-order valence-corrected chi connectivity index (χ0v) is 17.2. The first kappa shape index (κ1) is 19.1. The van der Waals surface area contributed by atoms with E-state index in [9.17, 15) is 4.79 Å². The van der Waals surface area contributed by atoms with E-state index in [4.69, 9.17) is 4.42 Å². The highest BCUT2D eigenvalue weighted by Crippen LogP contribution is 2.29. The van der Waals surface area contributed by atoms with Gasteiger partial charge in [0.2, 0.25) is 0 Å². The van der Waals surface area contributed by atoms with Crippen LogP contribution in [0.5, 0.6) is 0 Å². The normalized spacial score (nSPS) is 11.0. The van der Waals surface area contributed by atoms with Gasteiger partial charge in [0.05, 0.1) is 18.2 Å². The molecule has 7 heteroatoms. The lowest BCUT2D eigenvalue weighted by atomic mass is 10.1. The van der Waals surface area contributed by atoms with Crippen LogP contribution in [0.15, 0.2) is 53.1 Å². The molecule has 0 bridgehead atoms. The van der Waals surface area contributed by atoms with Crippen LogP contribution in [0, 0.1) is 6.92 Å². The number of carbonyl (C=O) groups is 1. The molecule has 29 heavy (non-hydrogen) atoms. The molecule has 0 aliphatic rings. The van der Waals surface area contributed by atoms with E-state index in [0.717, 1.165) is 39.6 Å². The number of carbonyl (C=O) groups excluding carboxylic acids is 1. The maximum atomic E-state index is 12.3. The summed E-state index contributed by atoms with van der Waals surface area (Å²) in [6, 6.07) is 13.3. The SMILES string of the molecule is CCc1cc2c(NCc3ccc(C(=O)NCc4ccco4)cc3)nc(C)nc2s1. The largest absolute Gasteiger partial charge is 0.467 e. The number of nitrogens with zero attached hydrogens (tertiary/aromatic N) is 2. The van der Waals surface area contributed by atoms with Gasteiger partial charge in [0, 0.05) is 17.0 Å². The number of amides is 1. The molecule has 0 fully saturated rings. The van der Waals surface area contributed by atoms with Crippen molar-refractivity contribution in [2.24, 2.45) is 0 Å². The zero-order valence-electron chi connectivity index (χ0n) is 16.4. The molecule has 148 valence electrons. The van der Waals surface area contributed by atoms with Gasteiger partial charge in [-0.25, -0.2) is 9.97 Å². The van der Waals surface area contributed by atoms with Gasteiger partial charge >= 0.3 is 0 Å². The van der Waals surface area contributed by atoms with Gasteiger partial charge in [0.15, 0.2) is 0 Å². The second-order valence-electron chi connectivity index (χ2n) is 6.72. The summed E-state index contributed by atoms with van der Waals surface area (Å²) in [5.74, 6) is 2.21. The van der Waals surface area contributed by atoms with E-state index < -0.39 is 0 Å². The minimum atomic E-state index is -0.126. The Labute approximate surface area is 173 Å². The summed E-state index contributed by atoms with van der Waals surface area (Å²) in [4.78, 5) is 23.7. The average Bonchev–Trinajstić information content (AvgIpc) is 3.40. The predicted molar refractivity (Wildman–Crippen MR) is 115 cm³/mol. The Morgan fingerprint density at radius 1 is 1.14 bits per heavy atom. The topological polar surface area (TPSA) is 80.0 Å². The van der Waals surface area contributed by atoms with Crippen molar-refractivity contribution in [2.45, 2.75) is 33.4 Å². The number of nitrogens with one attached hydrogen (secondary N) is 2. The molecule has 1 aromatic carbocycles. The number of rotatable bonds is 7. The molecular formula is C22H22N4O2S. The van der Waals surface area contributed by atoms with E-state index in [2.05, 4.69) is 33.6 Å². The van der Waals surface area contributed by atoms with Crippen molar-refractivity contribution in [1.29, 1.82) is 0 Å². The third-order valence-electron chi connectivity index (χ3n) is 4.58. The Morgan fingerprint density at radius 2 is 1.97 bits per heavy atom. The van der Waals surface area contributed by atoms with Gasteiger partial charge in [-0.3, -0.25) is 4.79 Å². The van der Waals surface area contributed by atoms with E-state index in [1.807, 2.05) is 37.3 Å². The fraction of sp³-hybridized carbons (Fsp3) is 0.227. The summed E-state index contributed by atoms with van der Waals surface area (Å²) >= 11 is 1.71. The molecule has 4 aromatic rings. The summed E-state index contributed by atoms with van der Waals surface area (Å²) in [5, 5.41) is 7.33. The number of aryl methyl sites for hydroxylation is 2. The third kappa shape index (κ3) is 4.46. The highest BCUT2D eigenvalue weighted by molar-refractivity contribution is 7.18. The molecule has 1 amide bonds. The van der Waals surface area contributed by atoms with E-state index in [1.165, 1.54) is 4.88 Å². The summed E-state index contributed by atoms with van der Waals surface area (Å²) in [5.41, 5.74) is 1.69. The van der Waals surface area contributed by atoms with Gasteiger partial charge in [0.1, 0.15) is 22.2 Å². The van der Waals surface area contributed by atoms with Crippen LogP contribution < -0.4 is 10.6 Å². The average molecular weight is 407 g/mol. The second kappa shape index (κ2) is 8.45. The summed E-state index contributed by atoms with van der Waals surface area (Å²) < 4.78 is 5.23. The smallest absolute Gasteiger partial charge is 0.251 e. The standard InChI is InChI=1S/C22H22N4O2S/c1-3-18-11-19-20(25-14(2)26-22(19)29-18)23-12-15-6-8-16(9-7-15)21(27)24-13-17-5-4-10-28-17/h4-11H,3,12-13H2,1-2H3,(H,24,27)(H,23,25,26). The Kier molecular flexibility index (Phi) is 5.57. The molecule has 0 saturated heterocycles. The molecule has 0 spiro atoms. The van der Waals surface area contributed by atoms with Crippen molar-refractivity contribution in [1.82, 2.24) is 15.3 Å². The minimum absolute atomic E-state index is 0.126. The minimum Gasteiger partial charge on any atom is -0.467 e. The van der Waals surface area contributed by atoms with Gasteiger partial charge in [-0.15, -0.1) is 11.3 Å². The number of benzene rings is 1. The quantitative estimate of drug-likeness (QED) is 0.465. The maximum absolute atomic E-state index is 12.3. The van der Waals surface area contributed by atoms with Crippen LogP contribution in [-0.2, 0) is 19.5 Å². The van der Waals surface area contributed by atoms with Crippen molar-refractivity contribution in [3.05, 3.63) is 76.3 Å². The maximum Gasteiger partial charge on any atom is 0.251 e. The van der Waals surface area contributed by atoms with Crippen LogP contribution in [0.4, 0.5) is 5.82 Å². The molecular weight excluding hydrogens is 384 g/mol. The number of thiophene rings is 1. The highest BCUT2D eigenvalue weighted by Gasteiger charge is 2.10. The summed E-state index contributed by atoms with van der Waals surface area (Å²) in [6.07, 6.45) is 2.58. The van der Waals surface area contributed by atoms with E-state index in [1.54, 1.807) is 23.7 Å². The molecule has 3 aromatic heterocycles. The molecule has 6 nitrogen and oxygen atoms in total. The number of hydrogen-bond acceptors (Lipinski definition) is 6. The molecule has 3 heterocycles. The van der Waals surface area contributed by atoms with Crippen molar-refractivity contribution < 1.29 is 9.21 Å². The molecule has 0 radical (unpaired) electrons. The molecule has 4 rings (SSSR count). The Bertz CT molecular complexity index is 1120. The highest BCUT2D eigenvalue weighted by atomic mass is 32.1. The third-order valence-corrected chi connectivity index (χ3v) is 5.76. The van der Waals surface area contributed by atoms with Crippen molar-refractivity contribution in [3.63, 3.8) is 0 Å². The second-order valence-corrected chi connectivity index (χ2v) is 7.83. The van der Waals surface area contributed by atoms with Crippen LogP contribution >= 0.6 is 11.3 Å². The Hall–Kier alpha value is -3.19. The monoisotopic (exact) mass is 406 g/mol. The first-order chi connectivity index (χ1) is 14.1. The van der Waals surface area contributed by atoms with Crippen molar-refractivity contribution in [2.75, 3.05) is 5.32 Å². The summed E-state index contributed by atoms with van der Waals surface area (Å²) in [7, 11) is 0. The van der Waals surface area contributed by atoms with Crippen molar-refractivity contribution in [3.8, 4) is 0 Å². The van der Waals surface area contributed by atoms with E-state index in [-0.39, 0.29) is 5.91 Å². The molecule has 0 atom stereocenters. The predicted octanol–water partition coefficient (Wildman–Crippen LogP) is 4.70. The van der Waals surface area contributed by atoms with Crippen LogP contribution in [0.3, 0.4) is 0 Å². The van der Waals surface area contributed by atoms with E-state index in [0.29, 0.717) is 18.7 Å². The van der Waals surface area contributed by atoms with Gasteiger partial charge in [0.25, 0.3) is 5.91 Å². The summed E-state index contributed by atoms with van der Waals surface area (Å²) in [6.45, 7) is 5.05. The van der Waals surface area contributed by atoms with Gasteiger partial charge in [-0.05, 0) is 49.2 Å². The molecule has 0 aliphatic heterocycles. The first-order valence-corrected chi connectivity index (χ1v) is 10.3. The molecule has 0 unspecified atom stereocenters. The molecule has 2 N–H and O–H groups in total. The van der Waals surface area contributed by atoms with Crippen molar-refractivity contribution >= 4 is 33.3 Å². The lowest BCUT2D eigenvalue weighted by Crippen LogP contribution is -2.22.